The summed E-state index contributed by atoms with van der Waals surface area (Å²) >= 11 is 0. The lowest BCUT2D eigenvalue weighted by atomic mass is 9.94. The molecule has 1 unspecified atom stereocenters. The molecule has 0 radical (unpaired) electrons. The SMILES string of the molecule is CCC(=O)C(Cc1ccc(OC(F)(F)F)cc1)C(=O)OC. The summed E-state index contributed by atoms with van der Waals surface area (Å²) in [7, 11) is 1.18. The van der Waals surface area contributed by atoms with Gasteiger partial charge >= 0.3 is 12.3 Å². The van der Waals surface area contributed by atoms with Gasteiger partial charge in [-0.1, -0.05) is 19.1 Å². The standard InChI is InChI=1S/C14H15F3O4/c1-3-12(18)11(13(19)20-2)8-9-4-6-10(7-5-9)21-14(15,16)17/h4-7,11H,3,8H2,1-2H3. The molecule has 21 heavy (non-hydrogen) atoms. The second-order valence-electron chi connectivity index (χ2n) is 4.29. The number of halogens is 3. The van der Waals surface area contributed by atoms with Crippen molar-refractivity contribution < 1.29 is 32.2 Å². The molecule has 0 aliphatic heterocycles. The Hall–Kier alpha value is -2.05. The summed E-state index contributed by atoms with van der Waals surface area (Å²) in [5, 5.41) is 0. The summed E-state index contributed by atoms with van der Waals surface area (Å²) in [5.41, 5.74) is 0.543. The van der Waals surface area contributed by atoms with Crippen molar-refractivity contribution in [3.63, 3.8) is 0 Å². The normalized spacial score (nSPS) is 12.6. The van der Waals surface area contributed by atoms with E-state index in [2.05, 4.69) is 9.47 Å². The van der Waals surface area contributed by atoms with Gasteiger partial charge in [-0.3, -0.25) is 9.59 Å². The van der Waals surface area contributed by atoms with Gasteiger partial charge in [0.15, 0.2) is 0 Å². The molecule has 0 aromatic heterocycles. The van der Waals surface area contributed by atoms with Gasteiger partial charge in [0.25, 0.3) is 0 Å². The third-order valence-corrected chi connectivity index (χ3v) is 2.82. The molecule has 0 bridgehead atoms. The average molecular weight is 304 g/mol. The van der Waals surface area contributed by atoms with E-state index in [1.165, 1.54) is 19.2 Å². The molecule has 0 aliphatic carbocycles. The first kappa shape index (κ1) is 17.0. The second kappa shape index (κ2) is 7.10. The van der Waals surface area contributed by atoms with Gasteiger partial charge in [-0.2, -0.15) is 0 Å². The van der Waals surface area contributed by atoms with Crippen LogP contribution in [0.5, 0.6) is 5.75 Å². The van der Waals surface area contributed by atoms with E-state index in [1.54, 1.807) is 6.92 Å². The summed E-state index contributed by atoms with van der Waals surface area (Å²) in [6, 6.07) is 5.01. The Labute approximate surface area is 119 Å². The zero-order chi connectivity index (χ0) is 16.0. The maximum atomic E-state index is 12.0. The van der Waals surface area contributed by atoms with Crippen LogP contribution in [0.15, 0.2) is 24.3 Å². The van der Waals surface area contributed by atoms with Crippen molar-refractivity contribution in [3.8, 4) is 5.75 Å². The summed E-state index contributed by atoms with van der Waals surface area (Å²) in [6.07, 6.45) is -4.51. The number of rotatable bonds is 6. The number of ether oxygens (including phenoxy) is 2. The van der Waals surface area contributed by atoms with E-state index in [0.29, 0.717) is 5.56 Å². The van der Waals surface area contributed by atoms with Crippen molar-refractivity contribution in [2.75, 3.05) is 7.11 Å². The molecule has 0 aliphatic rings. The van der Waals surface area contributed by atoms with E-state index in [1.807, 2.05) is 0 Å². The topological polar surface area (TPSA) is 52.6 Å². The fraction of sp³-hybridized carbons (Fsp3) is 0.429. The molecule has 1 rings (SSSR count). The van der Waals surface area contributed by atoms with Crippen molar-refractivity contribution in [3.05, 3.63) is 29.8 Å². The number of hydrogen-bond acceptors (Lipinski definition) is 4. The lowest BCUT2D eigenvalue weighted by Gasteiger charge is -2.13. The minimum absolute atomic E-state index is 0.0750. The Morgan fingerprint density at radius 2 is 1.76 bits per heavy atom. The van der Waals surface area contributed by atoms with Crippen LogP contribution in [-0.2, 0) is 20.7 Å². The van der Waals surface area contributed by atoms with Crippen LogP contribution in [-0.4, -0.2) is 25.2 Å². The van der Waals surface area contributed by atoms with Gasteiger partial charge in [0.2, 0.25) is 0 Å². The Kier molecular flexibility index (Phi) is 5.75. The number of carbonyl (C=O) groups excluding carboxylic acids is 2. The van der Waals surface area contributed by atoms with Crippen LogP contribution in [0.3, 0.4) is 0 Å². The lowest BCUT2D eigenvalue weighted by molar-refractivity contribution is -0.274. The van der Waals surface area contributed by atoms with Crippen LogP contribution in [0.4, 0.5) is 13.2 Å². The van der Waals surface area contributed by atoms with Gasteiger partial charge in [0.1, 0.15) is 17.5 Å². The van der Waals surface area contributed by atoms with Crippen LogP contribution in [0.2, 0.25) is 0 Å². The quantitative estimate of drug-likeness (QED) is 0.599. The third-order valence-electron chi connectivity index (χ3n) is 2.82. The zero-order valence-electron chi connectivity index (χ0n) is 11.6. The number of hydrogen-bond donors (Lipinski definition) is 0. The van der Waals surface area contributed by atoms with Crippen LogP contribution in [0.25, 0.3) is 0 Å². The van der Waals surface area contributed by atoms with Gasteiger partial charge in [-0.15, -0.1) is 13.2 Å². The maximum absolute atomic E-state index is 12.0. The van der Waals surface area contributed by atoms with E-state index < -0.39 is 18.2 Å². The zero-order valence-corrected chi connectivity index (χ0v) is 11.6. The summed E-state index contributed by atoms with van der Waals surface area (Å²) in [6.45, 7) is 1.62. The van der Waals surface area contributed by atoms with E-state index >= 15 is 0 Å². The number of benzene rings is 1. The molecular formula is C14H15F3O4. The van der Waals surface area contributed by atoms with Crippen LogP contribution >= 0.6 is 0 Å². The molecule has 1 atom stereocenters. The fourth-order valence-corrected chi connectivity index (χ4v) is 1.78. The Balaban J connectivity index is 2.81. The van der Waals surface area contributed by atoms with Gasteiger partial charge in [-0.25, -0.2) is 0 Å². The second-order valence-corrected chi connectivity index (χ2v) is 4.29. The molecule has 0 saturated heterocycles. The van der Waals surface area contributed by atoms with Gasteiger partial charge < -0.3 is 9.47 Å². The molecule has 0 fully saturated rings. The first-order valence-corrected chi connectivity index (χ1v) is 6.22. The van der Waals surface area contributed by atoms with Crippen molar-refractivity contribution in [2.45, 2.75) is 26.1 Å². The molecule has 0 amide bonds. The van der Waals surface area contributed by atoms with Crippen molar-refractivity contribution >= 4 is 11.8 Å². The minimum atomic E-state index is -4.76. The summed E-state index contributed by atoms with van der Waals surface area (Å²) < 4.78 is 44.4. The van der Waals surface area contributed by atoms with Crippen LogP contribution in [0.1, 0.15) is 18.9 Å². The summed E-state index contributed by atoms with van der Waals surface area (Å²) in [4.78, 5) is 23.3. The molecule has 7 heteroatoms. The predicted molar refractivity (Wildman–Crippen MR) is 67.6 cm³/mol. The Morgan fingerprint density at radius 1 is 1.19 bits per heavy atom. The third kappa shape index (κ3) is 5.45. The smallest absolute Gasteiger partial charge is 0.468 e. The summed E-state index contributed by atoms with van der Waals surface area (Å²) in [5.74, 6) is -2.24. The maximum Gasteiger partial charge on any atom is 0.573 e. The first-order valence-electron chi connectivity index (χ1n) is 6.22. The van der Waals surface area contributed by atoms with E-state index in [0.717, 1.165) is 12.1 Å². The Bertz CT molecular complexity index is 478. The van der Waals surface area contributed by atoms with Crippen LogP contribution in [0, 0.1) is 5.92 Å². The molecule has 1 aromatic rings. The van der Waals surface area contributed by atoms with Crippen molar-refractivity contribution in [1.82, 2.24) is 0 Å². The molecular weight excluding hydrogens is 289 g/mol. The molecule has 0 saturated carbocycles. The average Bonchev–Trinajstić information content (AvgIpc) is 2.43. The number of ketones is 1. The highest BCUT2D eigenvalue weighted by atomic mass is 19.4. The molecule has 1 aromatic carbocycles. The van der Waals surface area contributed by atoms with Crippen molar-refractivity contribution in [2.24, 2.45) is 5.92 Å². The van der Waals surface area contributed by atoms with E-state index in [-0.39, 0.29) is 24.4 Å². The highest BCUT2D eigenvalue weighted by Gasteiger charge is 2.31. The monoisotopic (exact) mass is 304 g/mol. The predicted octanol–water partition coefficient (Wildman–Crippen LogP) is 2.90. The van der Waals surface area contributed by atoms with Gasteiger partial charge in [0, 0.05) is 6.42 Å². The van der Waals surface area contributed by atoms with Gasteiger partial charge in [-0.05, 0) is 24.1 Å². The van der Waals surface area contributed by atoms with Crippen molar-refractivity contribution in [1.29, 1.82) is 0 Å². The highest BCUT2D eigenvalue weighted by Crippen LogP contribution is 2.23. The van der Waals surface area contributed by atoms with Crippen LogP contribution < -0.4 is 4.74 Å². The molecule has 0 heterocycles. The molecule has 0 spiro atoms. The number of carbonyl (C=O) groups is 2. The fourth-order valence-electron chi connectivity index (χ4n) is 1.78. The Morgan fingerprint density at radius 3 is 2.19 bits per heavy atom. The number of Topliss-reactive ketones (excluding diaryl/α,β-unsaturated/α-hetero) is 1. The lowest BCUT2D eigenvalue weighted by Crippen LogP contribution is -2.27. The van der Waals surface area contributed by atoms with E-state index in [4.69, 9.17) is 0 Å². The van der Waals surface area contributed by atoms with Gasteiger partial charge in [0.05, 0.1) is 7.11 Å². The molecule has 0 N–H and O–H groups in total. The number of alkyl halides is 3. The minimum Gasteiger partial charge on any atom is -0.468 e. The number of methoxy groups -OCH3 is 1. The largest absolute Gasteiger partial charge is 0.573 e. The first-order chi connectivity index (χ1) is 9.76. The van der Waals surface area contributed by atoms with E-state index in [9.17, 15) is 22.8 Å². The highest BCUT2D eigenvalue weighted by molar-refractivity contribution is 5.99. The number of esters is 1. The molecule has 4 nitrogen and oxygen atoms in total. The molecule has 116 valence electrons.